The van der Waals surface area contributed by atoms with E-state index in [9.17, 15) is 4.79 Å². The highest BCUT2D eigenvalue weighted by molar-refractivity contribution is 5.96. The van der Waals surface area contributed by atoms with Crippen LogP contribution in [0.4, 0.5) is 0 Å². The first-order chi connectivity index (χ1) is 10.2. The van der Waals surface area contributed by atoms with Crippen molar-refractivity contribution in [1.29, 1.82) is 0 Å². The lowest BCUT2D eigenvalue weighted by molar-refractivity contribution is 0.0769. The molecule has 0 radical (unpaired) electrons. The van der Waals surface area contributed by atoms with E-state index in [2.05, 4.69) is 4.98 Å². The normalized spacial score (nSPS) is 10.0. The Bertz CT molecular complexity index is 587. The molecular weight excluding hydrogens is 268 g/mol. The van der Waals surface area contributed by atoms with E-state index in [1.807, 2.05) is 30.3 Å². The smallest absolute Gasteiger partial charge is 0.259 e. The first-order valence-electron chi connectivity index (χ1n) is 6.64. The molecule has 0 unspecified atom stereocenters. The largest absolute Gasteiger partial charge is 0.492 e. The van der Waals surface area contributed by atoms with Gasteiger partial charge in [0.2, 0.25) is 5.88 Å². The van der Waals surface area contributed by atoms with Gasteiger partial charge in [-0.05, 0) is 24.3 Å². The first-order valence-corrected chi connectivity index (χ1v) is 6.64. The van der Waals surface area contributed by atoms with Crippen LogP contribution in [0.1, 0.15) is 10.4 Å². The van der Waals surface area contributed by atoms with Crippen LogP contribution in [0, 0.1) is 0 Å². The van der Waals surface area contributed by atoms with Crippen molar-refractivity contribution in [3.63, 3.8) is 0 Å². The van der Waals surface area contributed by atoms with Crippen LogP contribution in [0.3, 0.4) is 0 Å². The molecule has 0 atom stereocenters. The molecule has 0 spiro atoms. The van der Waals surface area contributed by atoms with Gasteiger partial charge < -0.3 is 14.4 Å². The van der Waals surface area contributed by atoms with Crippen molar-refractivity contribution < 1.29 is 14.3 Å². The minimum absolute atomic E-state index is 0.142. The maximum Gasteiger partial charge on any atom is 0.259 e. The zero-order valence-electron chi connectivity index (χ0n) is 12.2. The van der Waals surface area contributed by atoms with Gasteiger partial charge in [-0.1, -0.05) is 18.2 Å². The Labute approximate surface area is 124 Å². The van der Waals surface area contributed by atoms with Crippen molar-refractivity contribution in [3.8, 4) is 11.6 Å². The van der Waals surface area contributed by atoms with E-state index >= 15 is 0 Å². The minimum atomic E-state index is -0.142. The summed E-state index contributed by atoms with van der Waals surface area (Å²) in [6.07, 6.45) is 1.59. The first kappa shape index (κ1) is 14.8. The van der Waals surface area contributed by atoms with Crippen LogP contribution in [-0.4, -0.2) is 43.1 Å². The van der Waals surface area contributed by atoms with E-state index in [0.717, 1.165) is 5.75 Å². The number of amides is 1. The van der Waals surface area contributed by atoms with Gasteiger partial charge in [-0.2, -0.15) is 0 Å². The summed E-state index contributed by atoms with van der Waals surface area (Å²) < 4.78 is 10.7. The van der Waals surface area contributed by atoms with E-state index < -0.39 is 0 Å². The van der Waals surface area contributed by atoms with Gasteiger partial charge in [0.05, 0.1) is 13.7 Å². The van der Waals surface area contributed by atoms with Gasteiger partial charge in [0.15, 0.2) is 0 Å². The second kappa shape index (κ2) is 7.28. The summed E-state index contributed by atoms with van der Waals surface area (Å²) in [6.45, 7) is 0.903. The number of aromatic nitrogens is 1. The van der Waals surface area contributed by atoms with Crippen molar-refractivity contribution in [2.45, 2.75) is 0 Å². The number of likely N-dealkylation sites (N-methyl/N-ethyl adjacent to an activating group) is 1. The topological polar surface area (TPSA) is 51.7 Å². The van der Waals surface area contributed by atoms with Crippen molar-refractivity contribution >= 4 is 5.91 Å². The maximum absolute atomic E-state index is 12.3. The molecule has 5 heteroatoms. The van der Waals surface area contributed by atoms with Crippen LogP contribution in [0.2, 0.25) is 0 Å². The van der Waals surface area contributed by atoms with Crippen LogP contribution < -0.4 is 9.47 Å². The van der Waals surface area contributed by atoms with Gasteiger partial charge in [0, 0.05) is 13.2 Å². The van der Waals surface area contributed by atoms with Crippen molar-refractivity contribution in [2.75, 3.05) is 27.3 Å². The Balaban J connectivity index is 1.91. The Hall–Kier alpha value is -2.56. The molecule has 0 saturated carbocycles. The van der Waals surface area contributed by atoms with Crippen molar-refractivity contribution in [1.82, 2.24) is 9.88 Å². The third kappa shape index (κ3) is 3.95. The number of ether oxygens (including phenoxy) is 2. The molecular formula is C16H18N2O3. The van der Waals surface area contributed by atoms with Crippen LogP contribution in [0.5, 0.6) is 11.6 Å². The van der Waals surface area contributed by atoms with E-state index in [4.69, 9.17) is 9.47 Å². The van der Waals surface area contributed by atoms with E-state index in [1.165, 1.54) is 7.11 Å². The van der Waals surface area contributed by atoms with Gasteiger partial charge >= 0.3 is 0 Å². The number of carbonyl (C=O) groups is 1. The molecule has 0 bridgehead atoms. The zero-order chi connectivity index (χ0) is 15.1. The zero-order valence-corrected chi connectivity index (χ0v) is 12.2. The van der Waals surface area contributed by atoms with E-state index in [1.54, 1.807) is 30.3 Å². The van der Waals surface area contributed by atoms with Crippen LogP contribution in [0.15, 0.2) is 48.7 Å². The molecule has 0 N–H and O–H groups in total. The fourth-order valence-electron chi connectivity index (χ4n) is 1.84. The molecule has 1 heterocycles. The Kier molecular flexibility index (Phi) is 5.15. The summed E-state index contributed by atoms with van der Waals surface area (Å²) in [4.78, 5) is 17.9. The second-order valence-corrected chi connectivity index (χ2v) is 4.45. The second-order valence-electron chi connectivity index (χ2n) is 4.45. The lowest BCUT2D eigenvalue weighted by atomic mass is 10.2. The predicted octanol–water partition coefficient (Wildman–Crippen LogP) is 2.24. The van der Waals surface area contributed by atoms with Gasteiger partial charge in [-0.15, -0.1) is 0 Å². The minimum Gasteiger partial charge on any atom is -0.492 e. The van der Waals surface area contributed by atoms with E-state index in [-0.39, 0.29) is 5.91 Å². The average Bonchev–Trinajstić information content (AvgIpc) is 2.55. The molecule has 2 rings (SSSR count). The molecule has 110 valence electrons. The van der Waals surface area contributed by atoms with Crippen LogP contribution in [0.25, 0.3) is 0 Å². The number of carbonyl (C=O) groups excluding carboxylic acids is 1. The summed E-state index contributed by atoms with van der Waals surface area (Å²) in [5.74, 6) is 0.979. The van der Waals surface area contributed by atoms with Gasteiger partial charge in [0.1, 0.15) is 17.9 Å². The molecule has 1 aromatic heterocycles. The summed E-state index contributed by atoms with van der Waals surface area (Å²) in [5.41, 5.74) is 0.446. The Morgan fingerprint density at radius 1 is 1.19 bits per heavy atom. The fourth-order valence-corrected chi connectivity index (χ4v) is 1.84. The number of pyridine rings is 1. The summed E-state index contributed by atoms with van der Waals surface area (Å²) in [6, 6.07) is 12.9. The van der Waals surface area contributed by atoms with Crippen molar-refractivity contribution in [2.24, 2.45) is 0 Å². The summed E-state index contributed by atoms with van der Waals surface area (Å²) in [7, 11) is 3.22. The third-order valence-corrected chi connectivity index (χ3v) is 2.98. The molecule has 1 amide bonds. The number of nitrogens with zero attached hydrogens (tertiary/aromatic N) is 2. The number of benzene rings is 1. The molecule has 2 aromatic rings. The molecule has 0 aliphatic carbocycles. The van der Waals surface area contributed by atoms with Crippen molar-refractivity contribution in [3.05, 3.63) is 54.2 Å². The number of hydrogen-bond acceptors (Lipinski definition) is 4. The van der Waals surface area contributed by atoms with Crippen LogP contribution in [-0.2, 0) is 0 Å². The standard InChI is InChI=1S/C16H18N2O3/c1-18(11-12-21-13-7-4-3-5-8-13)16(19)14-9-6-10-17-15(14)20-2/h3-10H,11-12H2,1-2H3. The molecule has 0 aliphatic rings. The molecule has 1 aromatic carbocycles. The summed E-state index contributed by atoms with van der Waals surface area (Å²) >= 11 is 0. The van der Waals surface area contributed by atoms with Gasteiger partial charge in [-0.3, -0.25) is 4.79 Å². The average molecular weight is 286 g/mol. The van der Waals surface area contributed by atoms with Crippen LogP contribution >= 0.6 is 0 Å². The molecule has 0 aliphatic heterocycles. The maximum atomic E-state index is 12.3. The number of para-hydroxylation sites is 1. The highest BCUT2D eigenvalue weighted by Crippen LogP contribution is 2.15. The Morgan fingerprint density at radius 2 is 1.95 bits per heavy atom. The molecule has 5 nitrogen and oxygen atoms in total. The molecule has 0 saturated heterocycles. The highest BCUT2D eigenvalue weighted by atomic mass is 16.5. The lowest BCUT2D eigenvalue weighted by Gasteiger charge is -2.18. The number of methoxy groups -OCH3 is 1. The van der Waals surface area contributed by atoms with Gasteiger partial charge in [-0.25, -0.2) is 4.98 Å². The predicted molar refractivity (Wildman–Crippen MR) is 79.7 cm³/mol. The SMILES string of the molecule is COc1ncccc1C(=O)N(C)CCOc1ccccc1. The monoisotopic (exact) mass is 286 g/mol. The molecule has 0 fully saturated rings. The third-order valence-electron chi connectivity index (χ3n) is 2.98. The quantitative estimate of drug-likeness (QED) is 0.817. The Morgan fingerprint density at radius 3 is 2.67 bits per heavy atom. The number of rotatable bonds is 6. The summed E-state index contributed by atoms with van der Waals surface area (Å²) in [5, 5.41) is 0. The van der Waals surface area contributed by atoms with Gasteiger partial charge in [0.25, 0.3) is 5.91 Å². The number of hydrogen-bond donors (Lipinski definition) is 0. The highest BCUT2D eigenvalue weighted by Gasteiger charge is 2.16. The van der Waals surface area contributed by atoms with E-state index in [0.29, 0.717) is 24.6 Å². The molecule has 21 heavy (non-hydrogen) atoms. The fraction of sp³-hybridized carbons (Fsp3) is 0.250. The lowest BCUT2D eigenvalue weighted by Crippen LogP contribution is -2.31.